The molecule has 1 aromatic heterocycles. The fourth-order valence-electron chi connectivity index (χ4n) is 3.11. The minimum atomic E-state index is -1.71. The number of para-hydroxylation sites is 1. The van der Waals surface area contributed by atoms with Crippen LogP contribution in [0.3, 0.4) is 0 Å². The van der Waals surface area contributed by atoms with E-state index in [4.69, 9.17) is 9.47 Å². The standard InChI is InChI=1S/C18H17F4N3O3/c1-27-11-5-3-4-10(15(11)28-2)18(26)25-8-6-24(7-9-25)14-12(19)16(21)23-17(22)13(14)20/h3-5H,6-9H2,1-2H3. The first-order valence-electron chi connectivity index (χ1n) is 8.34. The van der Waals surface area contributed by atoms with Crippen LogP contribution in [-0.2, 0) is 0 Å². The lowest BCUT2D eigenvalue weighted by Gasteiger charge is -2.36. The predicted molar refractivity (Wildman–Crippen MR) is 91.7 cm³/mol. The Kier molecular flexibility index (Phi) is 5.57. The average molecular weight is 399 g/mol. The van der Waals surface area contributed by atoms with Crippen LogP contribution in [0.1, 0.15) is 10.4 Å². The van der Waals surface area contributed by atoms with E-state index in [1.54, 1.807) is 18.2 Å². The van der Waals surface area contributed by atoms with E-state index in [9.17, 15) is 22.4 Å². The number of anilines is 1. The van der Waals surface area contributed by atoms with Crippen molar-refractivity contribution in [2.75, 3.05) is 45.3 Å². The molecule has 6 nitrogen and oxygen atoms in total. The second-order valence-electron chi connectivity index (χ2n) is 5.99. The van der Waals surface area contributed by atoms with Crippen LogP contribution in [0.5, 0.6) is 11.5 Å². The van der Waals surface area contributed by atoms with Crippen molar-refractivity contribution < 1.29 is 31.8 Å². The van der Waals surface area contributed by atoms with E-state index in [1.165, 1.54) is 19.1 Å². The molecule has 0 spiro atoms. The Morgan fingerprint density at radius 2 is 1.57 bits per heavy atom. The van der Waals surface area contributed by atoms with Crippen molar-refractivity contribution in [3.8, 4) is 11.5 Å². The van der Waals surface area contributed by atoms with Crippen LogP contribution in [-0.4, -0.2) is 56.2 Å². The summed E-state index contributed by atoms with van der Waals surface area (Å²) in [7, 11) is 2.85. The highest BCUT2D eigenvalue weighted by atomic mass is 19.2. The maximum Gasteiger partial charge on any atom is 0.257 e. The third-order valence-corrected chi connectivity index (χ3v) is 4.49. The summed E-state index contributed by atoms with van der Waals surface area (Å²) in [6.07, 6.45) is 0. The van der Waals surface area contributed by atoms with Crippen LogP contribution < -0.4 is 14.4 Å². The highest BCUT2D eigenvalue weighted by Crippen LogP contribution is 2.32. The molecule has 1 aliphatic heterocycles. The van der Waals surface area contributed by atoms with Crippen LogP contribution >= 0.6 is 0 Å². The van der Waals surface area contributed by atoms with Crippen molar-refractivity contribution >= 4 is 11.6 Å². The number of hydrogen-bond acceptors (Lipinski definition) is 5. The van der Waals surface area contributed by atoms with Crippen molar-refractivity contribution in [2.24, 2.45) is 0 Å². The summed E-state index contributed by atoms with van der Waals surface area (Å²) in [6.45, 7) is 0.136. The number of hydrogen-bond donors (Lipinski definition) is 0. The van der Waals surface area contributed by atoms with Crippen molar-refractivity contribution in [3.05, 3.63) is 47.3 Å². The van der Waals surface area contributed by atoms with E-state index in [0.29, 0.717) is 5.75 Å². The Bertz CT molecular complexity index is 876. The molecule has 150 valence electrons. The van der Waals surface area contributed by atoms with Gasteiger partial charge in [0.15, 0.2) is 11.5 Å². The van der Waals surface area contributed by atoms with Crippen molar-refractivity contribution in [3.63, 3.8) is 0 Å². The lowest BCUT2D eigenvalue weighted by atomic mass is 10.1. The van der Waals surface area contributed by atoms with Crippen LogP contribution in [0.2, 0.25) is 0 Å². The lowest BCUT2D eigenvalue weighted by molar-refractivity contribution is 0.0742. The zero-order valence-corrected chi connectivity index (χ0v) is 15.1. The molecule has 0 saturated carbocycles. The van der Waals surface area contributed by atoms with Gasteiger partial charge in [0.2, 0.25) is 11.6 Å². The molecule has 0 radical (unpaired) electrons. The van der Waals surface area contributed by atoms with Gasteiger partial charge in [-0.2, -0.15) is 22.5 Å². The number of rotatable bonds is 4. The maximum atomic E-state index is 13.9. The maximum absolute atomic E-state index is 13.9. The number of amides is 1. The third kappa shape index (κ3) is 3.41. The number of carbonyl (C=O) groups is 1. The molecule has 1 amide bonds. The molecular formula is C18H17F4N3O3. The molecule has 0 N–H and O–H groups in total. The molecule has 10 heteroatoms. The van der Waals surface area contributed by atoms with Crippen molar-refractivity contribution in [2.45, 2.75) is 0 Å². The van der Waals surface area contributed by atoms with Gasteiger partial charge in [0.05, 0.1) is 19.8 Å². The number of pyridine rings is 1. The van der Waals surface area contributed by atoms with Gasteiger partial charge in [0, 0.05) is 26.2 Å². The minimum Gasteiger partial charge on any atom is -0.493 e. The summed E-state index contributed by atoms with van der Waals surface area (Å²) in [5.74, 6) is -6.25. The Morgan fingerprint density at radius 1 is 0.964 bits per heavy atom. The van der Waals surface area contributed by atoms with Gasteiger partial charge in [0.25, 0.3) is 17.8 Å². The Balaban J connectivity index is 1.79. The van der Waals surface area contributed by atoms with Crippen molar-refractivity contribution in [1.29, 1.82) is 0 Å². The molecule has 0 bridgehead atoms. The van der Waals surface area contributed by atoms with Crippen LogP contribution in [0, 0.1) is 23.5 Å². The van der Waals surface area contributed by atoms with Gasteiger partial charge in [-0.15, -0.1) is 0 Å². The first kappa shape index (κ1) is 19.7. The molecule has 1 saturated heterocycles. The van der Waals surface area contributed by atoms with E-state index in [2.05, 4.69) is 4.98 Å². The first-order valence-corrected chi connectivity index (χ1v) is 8.34. The quantitative estimate of drug-likeness (QED) is 0.585. The van der Waals surface area contributed by atoms with E-state index in [1.807, 2.05) is 0 Å². The van der Waals surface area contributed by atoms with E-state index < -0.39 is 29.2 Å². The van der Waals surface area contributed by atoms with Crippen LogP contribution in [0.15, 0.2) is 18.2 Å². The van der Waals surface area contributed by atoms with E-state index in [-0.39, 0.29) is 43.4 Å². The number of benzene rings is 1. The third-order valence-electron chi connectivity index (χ3n) is 4.49. The number of ether oxygens (including phenoxy) is 2. The second kappa shape index (κ2) is 7.91. The fraction of sp³-hybridized carbons (Fsp3) is 0.333. The molecule has 1 aliphatic rings. The zero-order chi connectivity index (χ0) is 20.4. The normalized spacial score (nSPS) is 14.2. The number of carbonyl (C=O) groups excluding carboxylic acids is 1. The van der Waals surface area contributed by atoms with Gasteiger partial charge in [0.1, 0.15) is 5.69 Å². The lowest BCUT2D eigenvalue weighted by Crippen LogP contribution is -2.49. The van der Waals surface area contributed by atoms with Gasteiger partial charge < -0.3 is 19.3 Å². The average Bonchev–Trinajstić information content (AvgIpc) is 2.71. The Hall–Kier alpha value is -3.04. The van der Waals surface area contributed by atoms with E-state index in [0.717, 1.165) is 4.90 Å². The summed E-state index contributed by atoms with van der Waals surface area (Å²) < 4.78 is 65.0. The van der Waals surface area contributed by atoms with Gasteiger partial charge in [-0.3, -0.25) is 4.79 Å². The largest absolute Gasteiger partial charge is 0.493 e. The summed E-state index contributed by atoms with van der Waals surface area (Å²) in [5.41, 5.74) is -0.551. The molecule has 2 heterocycles. The number of piperazine rings is 1. The molecule has 2 aromatic rings. The molecular weight excluding hydrogens is 382 g/mol. The minimum absolute atomic E-state index is 0.0191. The summed E-state index contributed by atoms with van der Waals surface area (Å²) >= 11 is 0. The molecule has 0 atom stereocenters. The van der Waals surface area contributed by atoms with Gasteiger partial charge in [-0.05, 0) is 12.1 Å². The highest BCUT2D eigenvalue weighted by Gasteiger charge is 2.30. The molecule has 1 fully saturated rings. The topological polar surface area (TPSA) is 54.9 Å². The van der Waals surface area contributed by atoms with Gasteiger partial charge in [-0.25, -0.2) is 0 Å². The van der Waals surface area contributed by atoms with Crippen LogP contribution in [0.4, 0.5) is 23.2 Å². The fourth-order valence-corrected chi connectivity index (χ4v) is 3.11. The van der Waals surface area contributed by atoms with Crippen molar-refractivity contribution in [1.82, 2.24) is 9.88 Å². The molecule has 1 aromatic carbocycles. The molecule has 3 rings (SSSR count). The summed E-state index contributed by atoms with van der Waals surface area (Å²) in [5, 5.41) is 0. The van der Waals surface area contributed by atoms with E-state index >= 15 is 0 Å². The number of methoxy groups -OCH3 is 2. The monoisotopic (exact) mass is 399 g/mol. The summed E-state index contributed by atoms with van der Waals surface area (Å²) in [4.78, 5) is 18.0. The zero-order valence-electron chi connectivity index (χ0n) is 15.1. The molecule has 0 aliphatic carbocycles. The number of nitrogens with zero attached hydrogens (tertiary/aromatic N) is 3. The number of halogens is 4. The Morgan fingerprint density at radius 3 is 2.11 bits per heavy atom. The first-order chi connectivity index (χ1) is 13.4. The number of aromatic nitrogens is 1. The SMILES string of the molecule is COc1cccc(C(=O)N2CCN(c3c(F)c(F)nc(F)c3F)CC2)c1OC. The van der Waals surface area contributed by atoms with Gasteiger partial charge >= 0.3 is 0 Å². The summed E-state index contributed by atoms with van der Waals surface area (Å²) in [6, 6.07) is 4.85. The molecule has 0 unspecified atom stereocenters. The second-order valence-corrected chi connectivity index (χ2v) is 5.99. The highest BCUT2D eigenvalue weighted by molar-refractivity contribution is 5.98. The molecule has 28 heavy (non-hydrogen) atoms. The van der Waals surface area contributed by atoms with Gasteiger partial charge in [-0.1, -0.05) is 6.07 Å². The van der Waals surface area contributed by atoms with Crippen LogP contribution in [0.25, 0.3) is 0 Å². The smallest absolute Gasteiger partial charge is 0.257 e. The predicted octanol–water partition coefficient (Wildman–Crippen LogP) is 2.62. The Labute approximate surface area is 158 Å².